The average Bonchev–Trinajstić information content (AvgIpc) is 2.77. The third-order valence-electron chi connectivity index (χ3n) is 2.18. The van der Waals surface area contributed by atoms with E-state index in [1.54, 1.807) is 34.9 Å². The summed E-state index contributed by atoms with van der Waals surface area (Å²) < 4.78 is 3.35. The maximum atomic E-state index is 11.6. The number of imidazole rings is 1. The quantitative estimate of drug-likeness (QED) is 0.820. The van der Waals surface area contributed by atoms with E-state index in [1.165, 1.54) is 0 Å². The Hall–Kier alpha value is -2.11. The summed E-state index contributed by atoms with van der Waals surface area (Å²) in [7, 11) is 1.77. The van der Waals surface area contributed by atoms with E-state index in [4.69, 9.17) is 0 Å². The molecule has 1 N–H and O–H groups in total. The van der Waals surface area contributed by atoms with Crippen molar-refractivity contribution in [1.29, 1.82) is 0 Å². The molecule has 2 aromatic rings. The standard InChI is InChI=1S/C10H13N5O/c1-8-5-15(7-11-8)6-10(16)13-9-3-4-12-14(9)2/h3-5,7H,6H2,1-2H3,(H,13,16). The Bertz CT molecular complexity index is 499. The molecule has 0 aliphatic carbocycles. The number of rotatable bonds is 3. The lowest BCUT2D eigenvalue weighted by Gasteiger charge is -2.05. The molecular formula is C10H13N5O. The molecule has 2 rings (SSSR count). The first-order valence-corrected chi connectivity index (χ1v) is 4.91. The van der Waals surface area contributed by atoms with E-state index >= 15 is 0 Å². The highest BCUT2D eigenvalue weighted by Gasteiger charge is 2.05. The summed E-state index contributed by atoms with van der Waals surface area (Å²) in [6.45, 7) is 2.14. The van der Waals surface area contributed by atoms with Crippen molar-refractivity contribution in [2.24, 2.45) is 7.05 Å². The zero-order valence-corrected chi connectivity index (χ0v) is 9.21. The van der Waals surface area contributed by atoms with Crippen LogP contribution in [0.3, 0.4) is 0 Å². The topological polar surface area (TPSA) is 64.7 Å². The van der Waals surface area contributed by atoms with Gasteiger partial charge in [0.05, 0.1) is 18.2 Å². The minimum absolute atomic E-state index is 0.0963. The first-order valence-electron chi connectivity index (χ1n) is 4.91. The van der Waals surface area contributed by atoms with Crippen molar-refractivity contribution in [3.8, 4) is 0 Å². The van der Waals surface area contributed by atoms with E-state index in [1.807, 2.05) is 13.1 Å². The van der Waals surface area contributed by atoms with Crippen LogP contribution in [0.15, 0.2) is 24.8 Å². The van der Waals surface area contributed by atoms with Crippen LogP contribution in [0.4, 0.5) is 5.82 Å². The zero-order chi connectivity index (χ0) is 11.5. The van der Waals surface area contributed by atoms with Gasteiger partial charge in [-0.1, -0.05) is 0 Å². The molecule has 0 bridgehead atoms. The summed E-state index contributed by atoms with van der Waals surface area (Å²) in [5.74, 6) is 0.586. The average molecular weight is 219 g/mol. The molecule has 0 spiro atoms. The van der Waals surface area contributed by atoms with Gasteiger partial charge in [-0.2, -0.15) is 5.10 Å². The zero-order valence-electron chi connectivity index (χ0n) is 9.21. The molecule has 0 saturated heterocycles. The van der Waals surface area contributed by atoms with Crippen molar-refractivity contribution in [3.63, 3.8) is 0 Å². The Balaban J connectivity index is 1.97. The summed E-state index contributed by atoms with van der Waals surface area (Å²) >= 11 is 0. The van der Waals surface area contributed by atoms with Gasteiger partial charge in [0.25, 0.3) is 0 Å². The van der Waals surface area contributed by atoms with Gasteiger partial charge in [-0.15, -0.1) is 0 Å². The Labute approximate surface area is 92.9 Å². The van der Waals surface area contributed by atoms with Crippen molar-refractivity contribution < 1.29 is 4.79 Å². The van der Waals surface area contributed by atoms with Gasteiger partial charge in [0, 0.05) is 19.3 Å². The van der Waals surface area contributed by atoms with Crippen molar-refractivity contribution in [2.45, 2.75) is 13.5 Å². The Morgan fingerprint density at radius 1 is 1.56 bits per heavy atom. The predicted octanol–water partition coefficient (Wildman–Crippen LogP) is 0.564. The van der Waals surface area contributed by atoms with Crippen LogP contribution >= 0.6 is 0 Å². The van der Waals surface area contributed by atoms with Gasteiger partial charge in [0.15, 0.2) is 0 Å². The molecule has 0 saturated carbocycles. The van der Waals surface area contributed by atoms with Gasteiger partial charge < -0.3 is 9.88 Å². The van der Waals surface area contributed by atoms with Gasteiger partial charge in [0.1, 0.15) is 12.4 Å². The van der Waals surface area contributed by atoms with Gasteiger partial charge in [0.2, 0.25) is 5.91 Å². The summed E-state index contributed by atoms with van der Waals surface area (Å²) in [5, 5.41) is 6.72. The van der Waals surface area contributed by atoms with Crippen LogP contribution in [0.2, 0.25) is 0 Å². The first kappa shape index (κ1) is 10.4. The van der Waals surface area contributed by atoms with E-state index in [0.29, 0.717) is 5.82 Å². The number of carbonyl (C=O) groups is 1. The number of aromatic nitrogens is 4. The fourth-order valence-corrected chi connectivity index (χ4v) is 1.40. The summed E-state index contributed by atoms with van der Waals surface area (Å²) in [6, 6.07) is 1.75. The number of nitrogens with one attached hydrogen (secondary N) is 1. The molecule has 84 valence electrons. The van der Waals surface area contributed by atoms with Gasteiger partial charge >= 0.3 is 0 Å². The second-order valence-corrected chi connectivity index (χ2v) is 3.58. The molecular weight excluding hydrogens is 206 g/mol. The number of amides is 1. The second-order valence-electron chi connectivity index (χ2n) is 3.58. The summed E-state index contributed by atoms with van der Waals surface area (Å²) in [4.78, 5) is 15.7. The third kappa shape index (κ3) is 2.28. The highest BCUT2D eigenvalue weighted by molar-refractivity contribution is 5.89. The number of hydrogen-bond acceptors (Lipinski definition) is 3. The van der Waals surface area contributed by atoms with Crippen molar-refractivity contribution in [1.82, 2.24) is 19.3 Å². The van der Waals surface area contributed by atoms with E-state index in [-0.39, 0.29) is 12.5 Å². The largest absolute Gasteiger partial charge is 0.328 e. The van der Waals surface area contributed by atoms with Gasteiger partial charge in [-0.25, -0.2) is 4.98 Å². The van der Waals surface area contributed by atoms with E-state index in [9.17, 15) is 4.79 Å². The van der Waals surface area contributed by atoms with Crippen LogP contribution in [-0.2, 0) is 18.4 Å². The maximum absolute atomic E-state index is 11.6. The van der Waals surface area contributed by atoms with E-state index in [2.05, 4.69) is 15.4 Å². The summed E-state index contributed by atoms with van der Waals surface area (Å²) in [5.41, 5.74) is 0.897. The number of nitrogens with zero attached hydrogens (tertiary/aromatic N) is 4. The fourth-order valence-electron chi connectivity index (χ4n) is 1.40. The van der Waals surface area contributed by atoms with Crippen molar-refractivity contribution in [3.05, 3.63) is 30.5 Å². The number of hydrogen-bond donors (Lipinski definition) is 1. The molecule has 0 radical (unpaired) electrons. The molecule has 0 fully saturated rings. The van der Waals surface area contributed by atoms with Crippen LogP contribution in [0.1, 0.15) is 5.69 Å². The fraction of sp³-hybridized carbons (Fsp3) is 0.300. The molecule has 2 heterocycles. The molecule has 16 heavy (non-hydrogen) atoms. The minimum atomic E-state index is -0.0963. The highest BCUT2D eigenvalue weighted by atomic mass is 16.2. The van der Waals surface area contributed by atoms with Crippen molar-refractivity contribution >= 4 is 11.7 Å². The minimum Gasteiger partial charge on any atom is -0.328 e. The Morgan fingerprint density at radius 3 is 2.94 bits per heavy atom. The molecule has 0 aromatic carbocycles. The van der Waals surface area contributed by atoms with Crippen LogP contribution in [-0.4, -0.2) is 25.2 Å². The van der Waals surface area contributed by atoms with E-state index < -0.39 is 0 Å². The highest BCUT2D eigenvalue weighted by Crippen LogP contribution is 2.03. The molecule has 0 atom stereocenters. The van der Waals surface area contributed by atoms with E-state index in [0.717, 1.165) is 5.69 Å². The Kier molecular flexibility index (Phi) is 2.72. The lowest BCUT2D eigenvalue weighted by atomic mass is 10.5. The third-order valence-corrected chi connectivity index (χ3v) is 2.18. The lowest BCUT2D eigenvalue weighted by Crippen LogP contribution is -2.19. The molecule has 0 aliphatic rings. The predicted molar refractivity (Wildman–Crippen MR) is 58.8 cm³/mol. The molecule has 1 amide bonds. The normalized spacial score (nSPS) is 10.4. The Morgan fingerprint density at radius 2 is 2.38 bits per heavy atom. The van der Waals surface area contributed by atoms with Gasteiger partial charge in [-0.05, 0) is 6.92 Å². The number of anilines is 1. The molecule has 6 heteroatoms. The van der Waals surface area contributed by atoms with Crippen LogP contribution in [0.25, 0.3) is 0 Å². The van der Waals surface area contributed by atoms with Crippen LogP contribution < -0.4 is 5.32 Å². The second kappa shape index (κ2) is 4.18. The maximum Gasteiger partial charge on any atom is 0.245 e. The molecule has 0 unspecified atom stereocenters. The first-order chi connectivity index (χ1) is 7.65. The van der Waals surface area contributed by atoms with Crippen LogP contribution in [0, 0.1) is 6.92 Å². The van der Waals surface area contributed by atoms with Crippen LogP contribution in [0.5, 0.6) is 0 Å². The molecule has 2 aromatic heterocycles. The number of aryl methyl sites for hydroxylation is 2. The smallest absolute Gasteiger partial charge is 0.245 e. The lowest BCUT2D eigenvalue weighted by molar-refractivity contribution is -0.116. The SMILES string of the molecule is Cc1cn(CC(=O)Nc2ccnn2C)cn1. The molecule has 0 aliphatic heterocycles. The number of carbonyl (C=O) groups excluding carboxylic acids is 1. The summed E-state index contributed by atoms with van der Waals surface area (Å²) in [6.07, 6.45) is 5.10. The molecule has 6 nitrogen and oxygen atoms in total. The van der Waals surface area contributed by atoms with Gasteiger partial charge in [-0.3, -0.25) is 9.48 Å². The monoisotopic (exact) mass is 219 g/mol. The van der Waals surface area contributed by atoms with Crippen molar-refractivity contribution in [2.75, 3.05) is 5.32 Å².